The molecule has 0 atom stereocenters. The number of hydrogen-bond donors (Lipinski definition) is 2. The zero-order chi connectivity index (χ0) is 14.0. The molecular weight excluding hydrogens is 234 g/mol. The van der Waals surface area contributed by atoms with Gasteiger partial charge >= 0.3 is 0 Å². The third kappa shape index (κ3) is 5.37. The molecular formula is C13H20ClN3. The van der Waals surface area contributed by atoms with Crippen LogP contribution in [-0.2, 0) is 0 Å². The summed E-state index contributed by atoms with van der Waals surface area (Å²) in [6.45, 7) is 9.80. The van der Waals surface area contributed by atoms with E-state index in [1.165, 1.54) is 0 Å². The van der Waals surface area contributed by atoms with Gasteiger partial charge in [-0.2, -0.15) is 5.26 Å². The number of nitrogens with two attached hydrogens (primary N) is 1. The summed E-state index contributed by atoms with van der Waals surface area (Å²) in [5.41, 5.74) is 7.06. The molecule has 0 fully saturated rings. The topological polar surface area (TPSA) is 73.7 Å². The van der Waals surface area contributed by atoms with Gasteiger partial charge in [-0.1, -0.05) is 39.3 Å². The van der Waals surface area contributed by atoms with E-state index >= 15 is 0 Å². The molecule has 0 spiro atoms. The van der Waals surface area contributed by atoms with Crippen molar-refractivity contribution in [3.05, 3.63) is 28.3 Å². The molecule has 0 aliphatic carbocycles. The normalized spacial score (nSPS) is 7.82. The molecule has 0 bridgehead atoms. The molecule has 1 rings (SSSR count). The number of nitriles is 1. The van der Waals surface area contributed by atoms with E-state index in [0.717, 1.165) is 5.56 Å². The number of nitrogen functional groups attached to an aromatic ring is 1. The summed E-state index contributed by atoms with van der Waals surface area (Å²) >= 11 is 5.80. The van der Waals surface area contributed by atoms with Gasteiger partial charge in [-0.15, -0.1) is 0 Å². The molecule has 0 heterocycles. The van der Waals surface area contributed by atoms with Gasteiger partial charge < -0.3 is 5.73 Å². The number of anilines is 1. The Balaban J connectivity index is 0. The highest BCUT2D eigenvalue weighted by atomic mass is 35.5. The van der Waals surface area contributed by atoms with Gasteiger partial charge in [0.25, 0.3) is 0 Å². The highest BCUT2D eigenvalue weighted by Gasteiger charge is 2.07. The maximum absolute atomic E-state index is 8.51. The Labute approximate surface area is 109 Å². The van der Waals surface area contributed by atoms with Crippen molar-refractivity contribution in [2.45, 2.75) is 34.6 Å². The predicted octanol–water partition coefficient (Wildman–Crippen LogP) is 4.17. The molecule has 3 nitrogen and oxygen atoms in total. The lowest BCUT2D eigenvalue weighted by atomic mass is 10.1. The van der Waals surface area contributed by atoms with E-state index < -0.39 is 0 Å². The molecule has 0 aliphatic heterocycles. The van der Waals surface area contributed by atoms with E-state index in [-0.39, 0.29) is 5.71 Å². The van der Waals surface area contributed by atoms with Gasteiger partial charge in [0.2, 0.25) is 0 Å². The lowest BCUT2D eigenvalue weighted by molar-refractivity contribution is 1.42. The van der Waals surface area contributed by atoms with E-state index in [1.807, 2.05) is 27.7 Å². The molecule has 4 heteroatoms. The average Bonchev–Trinajstić information content (AvgIpc) is 2.37. The van der Waals surface area contributed by atoms with E-state index in [1.54, 1.807) is 25.1 Å². The maximum Gasteiger partial charge on any atom is 0.141 e. The quantitative estimate of drug-likeness (QED) is 0.582. The Morgan fingerprint density at radius 1 is 1.29 bits per heavy atom. The molecule has 17 heavy (non-hydrogen) atoms. The van der Waals surface area contributed by atoms with Crippen LogP contribution in [0.3, 0.4) is 0 Å². The summed E-state index contributed by atoms with van der Waals surface area (Å²) in [6, 6.07) is 4.92. The van der Waals surface area contributed by atoms with Crippen LogP contribution in [0.1, 0.15) is 38.8 Å². The fourth-order valence-electron chi connectivity index (χ4n) is 0.974. The van der Waals surface area contributed by atoms with Crippen molar-refractivity contribution in [2.24, 2.45) is 0 Å². The van der Waals surface area contributed by atoms with Gasteiger partial charge in [0, 0.05) is 16.3 Å². The minimum absolute atomic E-state index is 0.141. The lowest BCUT2D eigenvalue weighted by Gasteiger charge is -2.04. The predicted molar refractivity (Wildman–Crippen MR) is 75.7 cm³/mol. The molecule has 1 aromatic carbocycles. The average molecular weight is 254 g/mol. The van der Waals surface area contributed by atoms with Crippen molar-refractivity contribution in [1.29, 1.82) is 10.7 Å². The van der Waals surface area contributed by atoms with Gasteiger partial charge in [0.15, 0.2) is 0 Å². The summed E-state index contributed by atoms with van der Waals surface area (Å²) in [4.78, 5) is 0. The van der Waals surface area contributed by atoms with E-state index in [2.05, 4.69) is 0 Å². The molecule has 0 radical (unpaired) electrons. The largest absolute Gasteiger partial charge is 0.398 e. The summed E-state index contributed by atoms with van der Waals surface area (Å²) < 4.78 is 0. The van der Waals surface area contributed by atoms with Crippen molar-refractivity contribution in [3.8, 4) is 6.07 Å². The Hall–Kier alpha value is -1.53. The molecule has 94 valence electrons. The van der Waals surface area contributed by atoms with Gasteiger partial charge in [0.05, 0.1) is 0 Å². The van der Waals surface area contributed by atoms with Crippen molar-refractivity contribution in [3.63, 3.8) is 0 Å². The van der Waals surface area contributed by atoms with E-state index in [9.17, 15) is 0 Å². The molecule has 0 unspecified atom stereocenters. The lowest BCUT2D eigenvalue weighted by Crippen LogP contribution is -2.01. The molecule has 0 saturated carbocycles. The molecule has 3 N–H and O–H groups in total. The Morgan fingerprint density at radius 3 is 2.18 bits per heavy atom. The van der Waals surface area contributed by atoms with Gasteiger partial charge in [-0.05, 0) is 24.6 Å². The Morgan fingerprint density at radius 2 is 1.76 bits per heavy atom. The molecule has 1 aromatic rings. The minimum atomic E-state index is -0.141. The number of halogens is 1. The van der Waals surface area contributed by atoms with Crippen molar-refractivity contribution in [1.82, 2.24) is 0 Å². The van der Waals surface area contributed by atoms with Crippen molar-refractivity contribution >= 4 is 23.0 Å². The molecule has 0 aromatic heterocycles. The van der Waals surface area contributed by atoms with Crippen LogP contribution >= 0.6 is 11.6 Å². The number of aryl methyl sites for hydroxylation is 1. The van der Waals surface area contributed by atoms with Gasteiger partial charge in [-0.25, -0.2) is 0 Å². The van der Waals surface area contributed by atoms with Crippen LogP contribution in [0.25, 0.3) is 0 Å². The third-order valence-electron chi connectivity index (χ3n) is 1.71. The first-order chi connectivity index (χ1) is 8.06. The van der Waals surface area contributed by atoms with Gasteiger partial charge in [-0.3, -0.25) is 5.41 Å². The van der Waals surface area contributed by atoms with Gasteiger partial charge in [0.1, 0.15) is 11.8 Å². The zero-order valence-corrected chi connectivity index (χ0v) is 11.8. The summed E-state index contributed by atoms with van der Waals surface area (Å²) in [7, 11) is 0. The highest BCUT2D eigenvalue weighted by Crippen LogP contribution is 2.22. The number of nitrogens with zero attached hydrogens (tertiary/aromatic N) is 1. The molecule has 0 saturated heterocycles. The van der Waals surface area contributed by atoms with Crippen LogP contribution in [0.4, 0.5) is 5.69 Å². The Kier molecular flexibility index (Phi) is 10.2. The fourth-order valence-corrected chi connectivity index (χ4v) is 1.15. The second-order valence-electron chi connectivity index (χ2n) is 2.68. The monoisotopic (exact) mass is 253 g/mol. The minimum Gasteiger partial charge on any atom is -0.398 e. The standard InChI is InChI=1S/C9H8ClN3.2C2H6/c1-5-2-6(9(13)4-11)8(12)3-7(5)10;2*1-2/h2-3,13H,12H2,1H3;2*1-2H3. The number of rotatable bonds is 1. The van der Waals surface area contributed by atoms with Crippen LogP contribution in [0.15, 0.2) is 12.1 Å². The van der Waals surface area contributed by atoms with Crippen LogP contribution in [-0.4, -0.2) is 5.71 Å². The number of nitrogens with one attached hydrogen (secondary N) is 1. The second-order valence-corrected chi connectivity index (χ2v) is 3.08. The van der Waals surface area contributed by atoms with Crippen LogP contribution in [0.5, 0.6) is 0 Å². The van der Waals surface area contributed by atoms with Crippen LogP contribution in [0, 0.1) is 23.7 Å². The summed E-state index contributed by atoms with van der Waals surface area (Å²) in [5, 5.41) is 16.4. The van der Waals surface area contributed by atoms with Crippen LogP contribution < -0.4 is 5.73 Å². The number of benzene rings is 1. The maximum atomic E-state index is 8.51. The first-order valence-corrected chi connectivity index (χ1v) is 5.98. The van der Waals surface area contributed by atoms with Crippen molar-refractivity contribution < 1.29 is 0 Å². The smallest absolute Gasteiger partial charge is 0.141 e. The summed E-state index contributed by atoms with van der Waals surface area (Å²) in [5.74, 6) is 0. The third-order valence-corrected chi connectivity index (χ3v) is 2.12. The first-order valence-electron chi connectivity index (χ1n) is 5.61. The molecule has 0 aliphatic rings. The van der Waals surface area contributed by atoms with E-state index in [0.29, 0.717) is 16.3 Å². The highest BCUT2D eigenvalue weighted by molar-refractivity contribution is 6.32. The first kappa shape index (κ1) is 17.9. The summed E-state index contributed by atoms with van der Waals surface area (Å²) in [6.07, 6.45) is 0. The fraction of sp³-hybridized carbons (Fsp3) is 0.385. The SMILES string of the molecule is CC.CC.Cc1cc(C(=N)C#N)c(N)cc1Cl. The van der Waals surface area contributed by atoms with Crippen molar-refractivity contribution in [2.75, 3.05) is 5.73 Å². The second kappa shape index (κ2) is 9.68. The zero-order valence-electron chi connectivity index (χ0n) is 11.1. The molecule has 0 amide bonds. The van der Waals surface area contributed by atoms with E-state index in [4.69, 9.17) is 28.0 Å². The number of hydrogen-bond acceptors (Lipinski definition) is 3. The Bertz CT molecular complexity index is 406. The van der Waals surface area contributed by atoms with Crippen LogP contribution in [0.2, 0.25) is 5.02 Å².